The minimum Gasteiger partial charge on any atom is -0.366 e. The summed E-state index contributed by atoms with van der Waals surface area (Å²) >= 11 is 0. The number of sulfonamides is 1. The van der Waals surface area contributed by atoms with Crippen molar-refractivity contribution in [1.82, 2.24) is 4.31 Å². The molecule has 0 saturated carbocycles. The zero-order valence-electron chi connectivity index (χ0n) is 12.7. The zero-order chi connectivity index (χ0) is 16.3. The lowest BCUT2D eigenvalue weighted by atomic mass is 9.94. The summed E-state index contributed by atoms with van der Waals surface area (Å²) < 4.78 is 26.6. The van der Waals surface area contributed by atoms with E-state index in [1.165, 1.54) is 28.6 Å². The number of hydrogen-bond acceptors (Lipinski definition) is 4. The van der Waals surface area contributed by atoms with Gasteiger partial charge in [-0.25, -0.2) is 8.42 Å². The molecule has 0 bridgehead atoms. The SMILES string of the molecule is CCN(CC(C)(C)CN)S(=O)(=O)c1ccc(C(N)=O)cc1. The lowest BCUT2D eigenvalue weighted by Gasteiger charge is -2.30. The number of rotatable bonds is 7. The quantitative estimate of drug-likeness (QED) is 0.775. The molecule has 118 valence electrons. The molecule has 4 N–H and O–H groups in total. The maximum Gasteiger partial charge on any atom is 0.248 e. The molecule has 1 aromatic carbocycles. The molecule has 1 amide bonds. The number of amides is 1. The van der Waals surface area contributed by atoms with Gasteiger partial charge in [0.2, 0.25) is 15.9 Å². The average Bonchev–Trinajstić information content (AvgIpc) is 2.44. The van der Waals surface area contributed by atoms with Crippen LogP contribution in [0.2, 0.25) is 0 Å². The van der Waals surface area contributed by atoms with Gasteiger partial charge in [0.15, 0.2) is 0 Å². The van der Waals surface area contributed by atoms with E-state index >= 15 is 0 Å². The molecule has 1 aromatic rings. The van der Waals surface area contributed by atoms with Gasteiger partial charge in [-0.2, -0.15) is 4.31 Å². The van der Waals surface area contributed by atoms with E-state index < -0.39 is 15.9 Å². The third-order valence-corrected chi connectivity index (χ3v) is 5.22. The first-order valence-electron chi connectivity index (χ1n) is 6.74. The Labute approximate surface area is 126 Å². The van der Waals surface area contributed by atoms with Crippen LogP contribution < -0.4 is 11.5 Å². The zero-order valence-corrected chi connectivity index (χ0v) is 13.5. The molecule has 0 heterocycles. The summed E-state index contributed by atoms with van der Waals surface area (Å²) in [4.78, 5) is 11.2. The molecule has 1 rings (SSSR count). The predicted molar refractivity (Wildman–Crippen MR) is 82.2 cm³/mol. The van der Waals surface area contributed by atoms with E-state index in [0.29, 0.717) is 19.6 Å². The van der Waals surface area contributed by atoms with Crippen molar-refractivity contribution < 1.29 is 13.2 Å². The van der Waals surface area contributed by atoms with Gasteiger partial charge >= 0.3 is 0 Å². The Bertz CT molecular complexity index is 594. The summed E-state index contributed by atoms with van der Waals surface area (Å²) in [5.74, 6) is -0.587. The van der Waals surface area contributed by atoms with Crippen LogP contribution in [0.4, 0.5) is 0 Å². The first-order chi connectivity index (χ1) is 9.64. The van der Waals surface area contributed by atoms with Gasteiger partial charge in [0.25, 0.3) is 0 Å². The van der Waals surface area contributed by atoms with Crippen molar-refractivity contribution in [3.05, 3.63) is 29.8 Å². The van der Waals surface area contributed by atoms with Gasteiger partial charge in [0, 0.05) is 18.7 Å². The van der Waals surface area contributed by atoms with E-state index in [1.807, 2.05) is 13.8 Å². The van der Waals surface area contributed by atoms with E-state index in [0.717, 1.165) is 0 Å². The van der Waals surface area contributed by atoms with E-state index in [2.05, 4.69) is 0 Å². The van der Waals surface area contributed by atoms with Crippen LogP contribution >= 0.6 is 0 Å². The number of primary amides is 1. The third kappa shape index (κ3) is 4.26. The van der Waals surface area contributed by atoms with Crippen molar-refractivity contribution in [2.45, 2.75) is 25.7 Å². The van der Waals surface area contributed by atoms with Crippen LogP contribution in [0.25, 0.3) is 0 Å². The second-order valence-electron chi connectivity index (χ2n) is 5.69. The monoisotopic (exact) mass is 313 g/mol. The van der Waals surface area contributed by atoms with Gasteiger partial charge in [0.1, 0.15) is 0 Å². The number of benzene rings is 1. The van der Waals surface area contributed by atoms with Crippen molar-refractivity contribution in [3.8, 4) is 0 Å². The predicted octanol–water partition coefficient (Wildman–Crippen LogP) is 0.781. The molecular weight excluding hydrogens is 290 g/mol. The van der Waals surface area contributed by atoms with Gasteiger partial charge in [-0.1, -0.05) is 20.8 Å². The highest BCUT2D eigenvalue weighted by molar-refractivity contribution is 7.89. The van der Waals surface area contributed by atoms with E-state index in [4.69, 9.17) is 11.5 Å². The fraction of sp³-hybridized carbons (Fsp3) is 0.500. The molecule has 0 saturated heterocycles. The first-order valence-corrected chi connectivity index (χ1v) is 8.18. The van der Waals surface area contributed by atoms with Gasteiger partial charge in [-0.05, 0) is 36.2 Å². The smallest absolute Gasteiger partial charge is 0.248 e. The summed E-state index contributed by atoms with van der Waals surface area (Å²) in [5.41, 5.74) is 10.8. The fourth-order valence-corrected chi connectivity index (χ4v) is 3.49. The highest BCUT2D eigenvalue weighted by Crippen LogP contribution is 2.22. The number of nitrogens with zero attached hydrogens (tertiary/aromatic N) is 1. The minimum atomic E-state index is -3.61. The number of carbonyl (C=O) groups is 1. The second kappa shape index (κ2) is 6.55. The molecule has 0 unspecified atom stereocenters. The van der Waals surface area contributed by atoms with E-state index in [-0.39, 0.29) is 15.9 Å². The third-order valence-electron chi connectivity index (χ3n) is 3.29. The summed E-state index contributed by atoms with van der Waals surface area (Å²) in [6.45, 7) is 6.69. The normalized spacial score (nSPS) is 12.6. The Morgan fingerprint density at radius 3 is 2.14 bits per heavy atom. The number of nitrogens with two attached hydrogens (primary N) is 2. The molecule has 0 radical (unpaired) electrons. The molecule has 7 heteroatoms. The molecule has 0 aliphatic carbocycles. The van der Waals surface area contributed by atoms with Crippen LogP contribution in [-0.2, 0) is 10.0 Å². The van der Waals surface area contributed by atoms with Crippen LogP contribution in [0.1, 0.15) is 31.1 Å². The summed E-state index contributed by atoms with van der Waals surface area (Å²) in [6, 6.07) is 5.62. The summed E-state index contributed by atoms with van der Waals surface area (Å²) in [5, 5.41) is 0. The van der Waals surface area contributed by atoms with Crippen LogP contribution in [0.15, 0.2) is 29.2 Å². The van der Waals surface area contributed by atoms with Crippen LogP contribution in [0, 0.1) is 5.41 Å². The molecular formula is C14H23N3O3S. The van der Waals surface area contributed by atoms with Gasteiger partial charge in [-0.3, -0.25) is 4.79 Å². The molecule has 0 aromatic heterocycles. The van der Waals surface area contributed by atoms with Gasteiger partial charge in [-0.15, -0.1) is 0 Å². The van der Waals surface area contributed by atoms with Crippen LogP contribution in [-0.4, -0.2) is 38.3 Å². The maximum atomic E-state index is 12.6. The molecule has 0 aliphatic rings. The fourth-order valence-electron chi connectivity index (χ4n) is 1.85. The highest BCUT2D eigenvalue weighted by Gasteiger charge is 2.29. The topological polar surface area (TPSA) is 106 Å². The van der Waals surface area contributed by atoms with Gasteiger partial charge < -0.3 is 11.5 Å². The Morgan fingerprint density at radius 1 is 1.24 bits per heavy atom. The Kier molecular flexibility index (Phi) is 5.49. The van der Waals surface area contributed by atoms with Crippen molar-refractivity contribution in [2.75, 3.05) is 19.6 Å². The minimum absolute atomic E-state index is 0.141. The van der Waals surface area contributed by atoms with Crippen molar-refractivity contribution in [1.29, 1.82) is 0 Å². The lowest BCUT2D eigenvalue weighted by molar-refractivity contribution is 0.1000. The molecule has 0 aliphatic heterocycles. The molecule has 0 spiro atoms. The second-order valence-corrected chi connectivity index (χ2v) is 7.63. The van der Waals surface area contributed by atoms with E-state index in [9.17, 15) is 13.2 Å². The van der Waals surface area contributed by atoms with Crippen molar-refractivity contribution in [3.63, 3.8) is 0 Å². The van der Waals surface area contributed by atoms with Gasteiger partial charge in [0.05, 0.1) is 4.90 Å². The Morgan fingerprint density at radius 2 is 1.76 bits per heavy atom. The van der Waals surface area contributed by atoms with E-state index in [1.54, 1.807) is 6.92 Å². The molecule has 0 fully saturated rings. The Hall–Kier alpha value is -1.44. The number of carbonyl (C=O) groups excluding carboxylic acids is 1. The summed E-state index contributed by atoms with van der Waals surface area (Å²) in [7, 11) is -3.61. The molecule has 21 heavy (non-hydrogen) atoms. The standard InChI is InChI=1S/C14H23N3O3S/c1-4-17(10-14(2,3)9-15)21(19,20)12-7-5-11(6-8-12)13(16)18/h5-8H,4,9-10,15H2,1-3H3,(H2,16,18). The van der Waals surface area contributed by atoms with Crippen LogP contribution in [0.5, 0.6) is 0 Å². The first kappa shape index (κ1) is 17.6. The highest BCUT2D eigenvalue weighted by atomic mass is 32.2. The largest absolute Gasteiger partial charge is 0.366 e. The van der Waals surface area contributed by atoms with Crippen molar-refractivity contribution >= 4 is 15.9 Å². The number of hydrogen-bond donors (Lipinski definition) is 2. The Balaban J connectivity index is 3.10. The summed E-state index contributed by atoms with van der Waals surface area (Å²) in [6.07, 6.45) is 0. The molecule has 6 nitrogen and oxygen atoms in total. The lowest BCUT2D eigenvalue weighted by Crippen LogP contribution is -2.41. The van der Waals surface area contributed by atoms with Crippen LogP contribution in [0.3, 0.4) is 0 Å². The maximum absolute atomic E-state index is 12.6. The van der Waals surface area contributed by atoms with Crippen molar-refractivity contribution in [2.24, 2.45) is 16.9 Å². The average molecular weight is 313 g/mol. The molecule has 0 atom stereocenters.